The van der Waals surface area contributed by atoms with E-state index in [0.29, 0.717) is 55.5 Å². The lowest BCUT2D eigenvalue weighted by atomic mass is 9.32. The first-order chi connectivity index (χ1) is 26.3. The van der Waals surface area contributed by atoms with Gasteiger partial charge in [-0.25, -0.2) is 4.79 Å². The summed E-state index contributed by atoms with van der Waals surface area (Å²) >= 11 is 0. The van der Waals surface area contributed by atoms with Crippen LogP contribution in [0.1, 0.15) is 172 Å². The van der Waals surface area contributed by atoms with E-state index in [1.54, 1.807) is 4.90 Å². The van der Waals surface area contributed by atoms with Gasteiger partial charge < -0.3 is 24.2 Å². The number of fused-ring (bicyclic) bond motifs is 7. The van der Waals surface area contributed by atoms with Crippen LogP contribution in [-0.2, 0) is 28.6 Å². The molecule has 1 N–H and O–H groups in total. The molecule has 1 heterocycles. The van der Waals surface area contributed by atoms with E-state index in [0.717, 1.165) is 44.9 Å². The van der Waals surface area contributed by atoms with Crippen LogP contribution in [0.3, 0.4) is 0 Å². The molecule has 5 aliphatic carbocycles. The maximum absolute atomic E-state index is 13.5. The number of rotatable bonds is 10. The van der Waals surface area contributed by atoms with Crippen LogP contribution < -0.4 is 0 Å². The number of nitrogens with zero attached hydrogens (tertiary/aromatic N) is 1. The van der Waals surface area contributed by atoms with Crippen molar-refractivity contribution in [3.63, 3.8) is 0 Å². The van der Waals surface area contributed by atoms with E-state index in [1.165, 1.54) is 31.3 Å². The lowest BCUT2D eigenvalue weighted by Crippen LogP contribution is -2.66. The van der Waals surface area contributed by atoms with E-state index < -0.39 is 17.0 Å². The molecule has 0 aromatic rings. The highest BCUT2D eigenvalue weighted by atomic mass is 16.6. The van der Waals surface area contributed by atoms with Crippen molar-refractivity contribution in [2.24, 2.45) is 62.1 Å². The number of hydrogen-bond donors (Lipinski definition) is 1. The lowest BCUT2D eigenvalue weighted by molar-refractivity contribution is -0.250. The molecule has 0 aromatic heterocycles. The average molecular weight is 796 g/mol. The van der Waals surface area contributed by atoms with Crippen molar-refractivity contribution in [3.8, 4) is 0 Å². The molecule has 9 nitrogen and oxygen atoms in total. The van der Waals surface area contributed by atoms with E-state index in [-0.39, 0.29) is 70.2 Å². The van der Waals surface area contributed by atoms with Gasteiger partial charge in [0, 0.05) is 24.8 Å². The largest absolute Gasteiger partial charge is 0.481 e. The van der Waals surface area contributed by atoms with Crippen LogP contribution in [0.5, 0.6) is 0 Å². The first kappa shape index (κ1) is 44.0. The number of allylic oxidation sites excluding steroid dienone is 1. The first-order valence-corrected chi connectivity index (χ1v) is 22.5. The molecule has 0 bridgehead atoms. The molecule has 0 radical (unpaired) electrons. The van der Waals surface area contributed by atoms with Crippen molar-refractivity contribution in [1.82, 2.24) is 4.90 Å². The van der Waals surface area contributed by atoms with Gasteiger partial charge >= 0.3 is 24.0 Å². The van der Waals surface area contributed by atoms with Crippen LogP contribution in [0, 0.1) is 62.1 Å². The third-order valence-corrected chi connectivity index (χ3v) is 17.6. The Morgan fingerprint density at radius 1 is 0.772 bits per heavy atom. The molecule has 5 saturated carbocycles. The van der Waals surface area contributed by atoms with E-state index in [1.807, 2.05) is 34.6 Å². The predicted molar refractivity (Wildman–Crippen MR) is 221 cm³/mol. The SMILES string of the molecule is C=C(C)[C@@H]1CC[C@]2(CCC(=O)OC3CCN(C(=O)OC(C)(C)C)C3)CC[C@]3(C)[C@H](CC[C@@H]4[C@@]5(C)CC[C@H](OC(=O)CC(C)(C)CC(=O)O)C(C)(C)[C@@H]5CC[C@]43C)[C@@H]12. The fraction of sp³-hybridized carbons (Fsp3) is 0.875. The lowest BCUT2D eigenvalue weighted by Gasteiger charge is -2.73. The number of carboxylic acid groups (broad SMARTS) is 1. The second kappa shape index (κ2) is 15.2. The topological polar surface area (TPSA) is 119 Å². The third-order valence-electron chi connectivity index (χ3n) is 17.6. The van der Waals surface area contributed by atoms with E-state index in [9.17, 15) is 24.3 Å². The summed E-state index contributed by atoms with van der Waals surface area (Å²) in [6.07, 6.45) is 12.4. The Hall–Kier alpha value is -2.58. The molecule has 6 fully saturated rings. The Morgan fingerprint density at radius 3 is 2.12 bits per heavy atom. The molecule has 1 saturated heterocycles. The zero-order valence-electron chi connectivity index (χ0n) is 37.5. The maximum Gasteiger partial charge on any atom is 0.410 e. The minimum atomic E-state index is -0.892. The highest BCUT2D eigenvalue weighted by molar-refractivity contribution is 5.73. The number of carbonyl (C=O) groups excluding carboxylic acids is 3. The molecule has 1 unspecified atom stereocenters. The Labute approximate surface area is 344 Å². The van der Waals surface area contributed by atoms with Gasteiger partial charge in [-0.1, -0.05) is 60.6 Å². The fourth-order valence-electron chi connectivity index (χ4n) is 14.9. The summed E-state index contributed by atoms with van der Waals surface area (Å²) in [5.74, 6) is 1.26. The van der Waals surface area contributed by atoms with Gasteiger partial charge in [0.05, 0.1) is 19.4 Å². The van der Waals surface area contributed by atoms with Crippen LogP contribution >= 0.6 is 0 Å². The van der Waals surface area contributed by atoms with Crippen LogP contribution in [0.2, 0.25) is 0 Å². The van der Waals surface area contributed by atoms with Crippen molar-refractivity contribution in [2.45, 2.75) is 190 Å². The minimum absolute atomic E-state index is 0.0589. The number of likely N-dealkylation sites (tertiary alicyclic amines) is 1. The van der Waals surface area contributed by atoms with E-state index in [2.05, 4.69) is 48.1 Å². The number of carbonyl (C=O) groups is 4. The monoisotopic (exact) mass is 796 g/mol. The summed E-state index contributed by atoms with van der Waals surface area (Å²) in [5, 5.41) is 9.37. The number of hydrogen-bond acceptors (Lipinski definition) is 7. The molecule has 11 atom stereocenters. The van der Waals surface area contributed by atoms with Crippen LogP contribution in [-0.4, -0.2) is 64.9 Å². The molecular formula is C48H77NO8. The molecule has 6 aliphatic rings. The van der Waals surface area contributed by atoms with Crippen LogP contribution in [0.25, 0.3) is 0 Å². The summed E-state index contributed by atoms with van der Waals surface area (Å²) in [6.45, 7) is 29.5. The minimum Gasteiger partial charge on any atom is -0.481 e. The summed E-state index contributed by atoms with van der Waals surface area (Å²) in [4.78, 5) is 52.5. The molecule has 0 aromatic carbocycles. The van der Waals surface area contributed by atoms with Gasteiger partial charge in [-0.05, 0) is 155 Å². The Kier molecular flexibility index (Phi) is 11.7. The Balaban J connectivity index is 1.15. The average Bonchev–Trinajstić information content (AvgIpc) is 3.69. The molecule has 1 amide bonds. The van der Waals surface area contributed by atoms with E-state index >= 15 is 0 Å². The van der Waals surface area contributed by atoms with Crippen molar-refractivity contribution >= 4 is 24.0 Å². The van der Waals surface area contributed by atoms with Crippen LogP contribution in [0.15, 0.2) is 12.2 Å². The van der Waals surface area contributed by atoms with Gasteiger partial charge in [-0.2, -0.15) is 0 Å². The summed E-state index contributed by atoms with van der Waals surface area (Å²) in [6, 6.07) is 0. The second-order valence-corrected chi connectivity index (χ2v) is 23.1. The predicted octanol–water partition coefficient (Wildman–Crippen LogP) is 10.8. The molecule has 0 spiro atoms. The molecule has 322 valence electrons. The molecule has 1 aliphatic heterocycles. The smallest absolute Gasteiger partial charge is 0.410 e. The number of esters is 2. The van der Waals surface area contributed by atoms with Crippen LogP contribution in [0.4, 0.5) is 4.79 Å². The van der Waals surface area contributed by atoms with Gasteiger partial charge in [-0.3, -0.25) is 14.4 Å². The fourth-order valence-corrected chi connectivity index (χ4v) is 14.9. The summed E-state index contributed by atoms with van der Waals surface area (Å²) in [5.41, 5.74) is 0.502. The zero-order valence-corrected chi connectivity index (χ0v) is 37.5. The number of aliphatic carboxylic acids is 1. The quantitative estimate of drug-likeness (QED) is 0.132. The van der Waals surface area contributed by atoms with Crippen molar-refractivity contribution in [1.29, 1.82) is 0 Å². The highest BCUT2D eigenvalue weighted by Gasteiger charge is 2.71. The molecular weight excluding hydrogens is 719 g/mol. The van der Waals surface area contributed by atoms with Gasteiger partial charge in [0.2, 0.25) is 0 Å². The summed E-state index contributed by atoms with van der Waals surface area (Å²) < 4.78 is 17.9. The van der Waals surface area contributed by atoms with Gasteiger partial charge in [0.1, 0.15) is 17.8 Å². The van der Waals surface area contributed by atoms with Crippen molar-refractivity contribution in [3.05, 3.63) is 12.2 Å². The first-order valence-electron chi connectivity index (χ1n) is 22.5. The molecule has 57 heavy (non-hydrogen) atoms. The Bertz CT molecular complexity index is 1590. The van der Waals surface area contributed by atoms with Gasteiger partial charge in [0.25, 0.3) is 0 Å². The summed E-state index contributed by atoms with van der Waals surface area (Å²) in [7, 11) is 0. The maximum atomic E-state index is 13.5. The standard InChI is InChI=1S/C48H77NO8/c1-30(2)32-15-22-48(23-18-38(52)55-31-19-26-49(29-31)41(54)57-42(3,4)5)25-24-46(11)33(40(32)48)13-14-35-45(10)20-17-36(44(8,9)34(45)16-21-47(35,46)12)56-39(53)28-43(6,7)27-37(50)51/h31-36,40H,1,13-29H2,2-12H3,(H,50,51)/t31?,32-,33+,34-,35+,36-,40+,45-,46+,47+,48-/m0/s1. The molecule has 9 heteroatoms. The number of carboxylic acids is 1. The van der Waals surface area contributed by atoms with Crippen molar-refractivity contribution in [2.75, 3.05) is 13.1 Å². The number of amides is 1. The van der Waals surface area contributed by atoms with Crippen molar-refractivity contribution < 1.29 is 38.5 Å². The molecule has 6 rings (SSSR count). The number of ether oxygens (including phenoxy) is 3. The van der Waals surface area contributed by atoms with Gasteiger partial charge in [-0.15, -0.1) is 0 Å². The Morgan fingerprint density at radius 2 is 1.47 bits per heavy atom. The normalized spacial score (nSPS) is 39.8. The van der Waals surface area contributed by atoms with Gasteiger partial charge in [0.15, 0.2) is 0 Å². The third kappa shape index (κ3) is 8.05. The second-order valence-electron chi connectivity index (χ2n) is 23.1. The highest BCUT2D eigenvalue weighted by Crippen LogP contribution is 2.78. The zero-order chi connectivity index (χ0) is 42.1. The van der Waals surface area contributed by atoms with E-state index in [4.69, 9.17) is 14.2 Å².